The number of allylic oxidation sites excluding steroid dienone is 4. The van der Waals surface area contributed by atoms with Crippen LogP contribution in [-0.2, 0) is 65.4 Å². The van der Waals surface area contributed by atoms with Gasteiger partial charge in [-0.1, -0.05) is 317 Å². The van der Waals surface area contributed by atoms with Crippen LogP contribution in [0.4, 0.5) is 0 Å². The van der Waals surface area contributed by atoms with E-state index in [0.717, 1.165) is 127 Å². The summed E-state index contributed by atoms with van der Waals surface area (Å²) in [4.78, 5) is 72.8. The van der Waals surface area contributed by atoms with E-state index in [9.17, 15) is 43.2 Å². The minimum absolute atomic E-state index is 0.0991. The largest absolute Gasteiger partial charge is 0.472 e. The molecule has 0 saturated heterocycles. The van der Waals surface area contributed by atoms with Crippen molar-refractivity contribution >= 4 is 39.5 Å². The highest BCUT2D eigenvalue weighted by molar-refractivity contribution is 7.47. The van der Waals surface area contributed by atoms with E-state index < -0.39 is 97.5 Å². The Labute approximate surface area is 586 Å². The van der Waals surface area contributed by atoms with Gasteiger partial charge in [-0.05, 0) is 69.1 Å². The molecule has 0 aliphatic rings. The van der Waals surface area contributed by atoms with Gasteiger partial charge in [0.2, 0.25) is 0 Å². The Balaban J connectivity index is 5.28. The zero-order valence-electron chi connectivity index (χ0n) is 62.3. The third kappa shape index (κ3) is 68.7. The molecule has 17 nitrogen and oxygen atoms in total. The van der Waals surface area contributed by atoms with Gasteiger partial charge >= 0.3 is 39.5 Å². The van der Waals surface area contributed by atoms with E-state index in [1.807, 2.05) is 0 Å². The second kappa shape index (κ2) is 67.1. The highest BCUT2D eigenvalue weighted by Crippen LogP contribution is 2.45. The minimum Gasteiger partial charge on any atom is -0.462 e. The van der Waals surface area contributed by atoms with Crippen LogP contribution in [0.3, 0.4) is 0 Å². The first kappa shape index (κ1) is 93.5. The summed E-state index contributed by atoms with van der Waals surface area (Å²) < 4.78 is 68.5. The lowest BCUT2D eigenvalue weighted by Crippen LogP contribution is -2.30. The SMILES string of the molecule is CCCCCC/C=C\C=C/CCCCCCCC(=O)OC[C@H](COP(=O)(O)OCC(O)COP(=O)(O)OC[C@@H](COC(=O)CCCCCCCCCC(C)C)OC(=O)CCCCCCCCCCCCCCCCC(C)C)OC(=O)CCCCCCCCCCCCC(C)CC. The van der Waals surface area contributed by atoms with Crippen LogP contribution in [0, 0.1) is 17.8 Å². The van der Waals surface area contributed by atoms with Crippen molar-refractivity contribution < 1.29 is 80.2 Å². The maximum Gasteiger partial charge on any atom is 0.472 e. The number of aliphatic hydroxyl groups is 1. The van der Waals surface area contributed by atoms with Crippen LogP contribution >= 0.6 is 15.6 Å². The van der Waals surface area contributed by atoms with Gasteiger partial charge in [0.15, 0.2) is 12.2 Å². The number of aliphatic hydroxyl groups excluding tert-OH is 1. The number of esters is 4. The van der Waals surface area contributed by atoms with Gasteiger partial charge in [-0.15, -0.1) is 0 Å². The number of hydrogen-bond acceptors (Lipinski definition) is 15. The Kier molecular flexibility index (Phi) is 65.3. The molecule has 96 heavy (non-hydrogen) atoms. The number of carbonyl (C=O) groups is 4. The Bertz CT molecular complexity index is 1970. The summed E-state index contributed by atoms with van der Waals surface area (Å²) in [6, 6.07) is 0. The molecule has 0 aliphatic heterocycles. The summed E-state index contributed by atoms with van der Waals surface area (Å²) >= 11 is 0. The number of hydrogen-bond donors (Lipinski definition) is 3. The van der Waals surface area contributed by atoms with Gasteiger partial charge in [-0.25, -0.2) is 9.13 Å². The molecular weight excluding hydrogens is 1260 g/mol. The molecule has 566 valence electrons. The van der Waals surface area contributed by atoms with E-state index in [0.29, 0.717) is 31.6 Å². The normalized spacial score (nSPS) is 14.5. The lowest BCUT2D eigenvalue weighted by molar-refractivity contribution is -0.161. The van der Waals surface area contributed by atoms with Crippen LogP contribution in [0.5, 0.6) is 0 Å². The average molecular weight is 1410 g/mol. The number of unbranched alkanes of at least 4 members (excludes halogenated alkanes) is 37. The molecule has 6 atom stereocenters. The lowest BCUT2D eigenvalue weighted by atomic mass is 9.99. The van der Waals surface area contributed by atoms with Crippen LogP contribution in [0.1, 0.15) is 370 Å². The standard InChI is InChI=1S/C77H146O17P2/c1-8-10-11-12-13-14-15-16-17-21-24-30-37-44-51-58-74(79)87-64-72(93-77(82)61-54-47-39-32-27-26-29-36-43-50-57-70(7)9-2)66-91-95(83,84)89-62-71(78)63-90-96(85,86)92-67-73(65-88-75(80)59-52-45-40-33-35-42-49-56-69(5)6)94-76(81)60-53-46-38-31-25-22-19-18-20-23-28-34-41-48-55-68(3)4/h14-17,68-73,78H,8-13,18-67H2,1-7H3,(H,83,84)(H,85,86)/b15-14-,17-16-/t70?,71?,72-,73-/m1/s1. The molecule has 19 heteroatoms. The van der Waals surface area contributed by atoms with Gasteiger partial charge < -0.3 is 33.8 Å². The number of rotatable bonds is 73. The molecule has 0 aromatic heterocycles. The fraction of sp³-hybridized carbons (Fsp3) is 0.896. The summed E-state index contributed by atoms with van der Waals surface area (Å²) in [5, 5.41) is 10.6. The predicted molar refractivity (Wildman–Crippen MR) is 390 cm³/mol. The Morgan fingerprint density at radius 1 is 0.344 bits per heavy atom. The fourth-order valence-corrected chi connectivity index (χ4v) is 12.8. The molecule has 0 aliphatic carbocycles. The first-order chi connectivity index (χ1) is 46.3. The minimum atomic E-state index is -4.97. The Morgan fingerprint density at radius 2 is 0.615 bits per heavy atom. The molecule has 0 rings (SSSR count). The summed E-state index contributed by atoms with van der Waals surface area (Å²) in [7, 11) is -9.93. The molecule has 0 bridgehead atoms. The highest BCUT2D eigenvalue weighted by Gasteiger charge is 2.30. The maximum absolute atomic E-state index is 13.1. The van der Waals surface area contributed by atoms with Crippen molar-refractivity contribution in [2.45, 2.75) is 388 Å². The quantitative estimate of drug-likeness (QED) is 0.0169. The van der Waals surface area contributed by atoms with Crippen LogP contribution < -0.4 is 0 Å². The van der Waals surface area contributed by atoms with Gasteiger partial charge in [-0.3, -0.25) is 37.3 Å². The van der Waals surface area contributed by atoms with Crippen molar-refractivity contribution in [3.63, 3.8) is 0 Å². The maximum atomic E-state index is 13.1. The Hall–Kier alpha value is -2.46. The monoisotopic (exact) mass is 1410 g/mol. The van der Waals surface area contributed by atoms with Crippen LogP contribution in [0.15, 0.2) is 24.3 Å². The smallest absolute Gasteiger partial charge is 0.462 e. The van der Waals surface area contributed by atoms with Gasteiger partial charge in [0.1, 0.15) is 19.3 Å². The second-order valence-corrected chi connectivity index (χ2v) is 31.2. The molecule has 0 aromatic carbocycles. The number of phosphoric acid groups is 2. The summed E-state index contributed by atoms with van der Waals surface area (Å²) in [6.07, 6.45) is 56.3. The molecular formula is C77H146O17P2. The number of phosphoric ester groups is 2. The molecule has 0 aromatic rings. The van der Waals surface area contributed by atoms with Crippen molar-refractivity contribution in [3.8, 4) is 0 Å². The van der Waals surface area contributed by atoms with E-state index in [1.165, 1.54) is 154 Å². The van der Waals surface area contributed by atoms with Gasteiger partial charge in [0.05, 0.1) is 26.4 Å². The molecule has 0 radical (unpaired) electrons. The summed E-state index contributed by atoms with van der Waals surface area (Å²) in [5.74, 6) is 0.150. The van der Waals surface area contributed by atoms with Gasteiger partial charge in [0.25, 0.3) is 0 Å². The third-order valence-corrected chi connectivity index (χ3v) is 19.5. The molecule has 0 amide bonds. The molecule has 0 heterocycles. The average Bonchev–Trinajstić information content (AvgIpc) is 1.75. The van der Waals surface area contributed by atoms with Gasteiger partial charge in [-0.2, -0.15) is 0 Å². The molecule has 0 saturated carbocycles. The van der Waals surface area contributed by atoms with Crippen molar-refractivity contribution in [1.29, 1.82) is 0 Å². The van der Waals surface area contributed by atoms with E-state index in [4.69, 9.17) is 37.0 Å². The Morgan fingerprint density at radius 3 is 0.927 bits per heavy atom. The zero-order chi connectivity index (χ0) is 70.9. The topological polar surface area (TPSA) is 237 Å². The molecule has 4 unspecified atom stereocenters. The van der Waals surface area contributed by atoms with Crippen molar-refractivity contribution in [2.75, 3.05) is 39.6 Å². The van der Waals surface area contributed by atoms with E-state index in [2.05, 4.69) is 72.8 Å². The first-order valence-corrected chi connectivity index (χ1v) is 42.2. The van der Waals surface area contributed by atoms with Crippen molar-refractivity contribution in [2.24, 2.45) is 17.8 Å². The molecule has 3 N–H and O–H groups in total. The van der Waals surface area contributed by atoms with Crippen molar-refractivity contribution in [3.05, 3.63) is 24.3 Å². The van der Waals surface area contributed by atoms with Crippen LogP contribution in [-0.4, -0.2) is 96.7 Å². The first-order valence-electron chi connectivity index (χ1n) is 39.2. The molecule has 0 fully saturated rings. The summed E-state index contributed by atoms with van der Waals surface area (Å²) in [5.41, 5.74) is 0. The zero-order valence-corrected chi connectivity index (χ0v) is 64.1. The number of carbonyl (C=O) groups excluding carboxylic acids is 4. The lowest BCUT2D eigenvalue weighted by Gasteiger charge is -2.21. The van der Waals surface area contributed by atoms with Crippen molar-refractivity contribution in [1.82, 2.24) is 0 Å². The van der Waals surface area contributed by atoms with Crippen LogP contribution in [0.25, 0.3) is 0 Å². The second-order valence-electron chi connectivity index (χ2n) is 28.3. The number of ether oxygens (including phenoxy) is 4. The summed E-state index contributed by atoms with van der Waals surface area (Å²) in [6.45, 7) is 11.8. The van der Waals surface area contributed by atoms with E-state index in [-0.39, 0.29) is 25.7 Å². The van der Waals surface area contributed by atoms with E-state index in [1.54, 1.807) is 0 Å². The van der Waals surface area contributed by atoms with E-state index >= 15 is 0 Å². The third-order valence-electron chi connectivity index (χ3n) is 17.6. The fourth-order valence-electron chi connectivity index (χ4n) is 11.2. The van der Waals surface area contributed by atoms with Crippen LogP contribution in [0.2, 0.25) is 0 Å². The molecule has 0 spiro atoms. The highest BCUT2D eigenvalue weighted by atomic mass is 31.2. The predicted octanol–water partition coefficient (Wildman–Crippen LogP) is 22.1. The van der Waals surface area contributed by atoms with Gasteiger partial charge in [0, 0.05) is 25.7 Å².